The second kappa shape index (κ2) is 6.36. The highest BCUT2D eigenvalue weighted by Crippen LogP contribution is 2.62. The van der Waals surface area contributed by atoms with Gasteiger partial charge in [0.1, 0.15) is 0 Å². The Hall–Kier alpha value is -4.30. The molecule has 4 N–H and O–H groups in total. The fraction of sp³-hybridized carbons (Fsp3) is 0.0323. The number of anilines is 2. The van der Waals surface area contributed by atoms with Crippen molar-refractivity contribution in [3.63, 3.8) is 0 Å². The zero-order valence-corrected chi connectivity index (χ0v) is 18.0. The van der Waals surface area contributed by atoms with Crippen molar-refractivity contribution >= 4 is 11.4 Å². The summed E-state index contributed by atoms with van der Waals surface area (Å²) in [6.07, 6.45) is 0. The maximum absolute atomic E-state index is 6.14. The Labute approximate surface area is 193 Å². The third kappa shape index (κ3) is 2.27. The topological polar surface area (TPSA) is 52.0 Å². The molecule has 0 heterocycles. The molecule has 2 aliphatic rings. The fourth-order valence-electron chi connectivity index (χ4n) is 6.12. The molecular formula is C31H22N2. The van der Waals surface area contributed by atoms with Crippen LogP contribution in [0.2, 0.25) is 0 Å². The van der Waals surface area contributed by atoms with E-state index >= 15 is 0 Å². The van der Waals surface area contributed by atoms with Crippen molar-refractivity contribution in [2.24, 2.45) is 0 Å². The quantitative estimate of drug-likeness (QED) is 0.284. The van der Waals surface area contributed by atoms with Crippen molar-refractivity contribution in [2.45, 2.75) is 5.41 Å². The molecule has 1 spiro atoms. The van der Waals surface area contributed by atoms with Gasteiger partial charge >= 0.3 is 0 Å². The highest BCUT2D eigenvalue weighted by Gasteiger charge is 2.51. The van der Waals surface area contributed by atoms with E-state index in [1.165, 1.54) is 44.5 Å². The Balaban J connectivity index is 1.61. The summed E-state index contributed by atoms with van der Waals surface area (Å²) in [5.41, 5.74) is 26.1. The molecule has 0 saturated heterocycles. The Morgan fingerprint density at radius 1 is 0.394 bits per heavy atom. The monoisotopic (exact) mass is 422 g/mol. The molecule has 0 bridgehead atoms. The molecule has 0 amide bonds. The van der Waals surface area contributed by atoms with Crippen LogP contribution in [0.15, 0.2) is 109 Å². The number of benzene rings is 5. The lowest BCUT2D eigenvalue weighted by Gasteiger charge is -2.30. The molecular weight excluding hydrogens is 400 g/mol. The van der Waals surface area contributed by atoms with Gasteiger partial charge in [-0.25, -0.2) is 0 Å². The van der Waals surface area contributed by atoms with Gasteiger partial charge in [-0.3, -0.25) is 0 Å². The second-order valence-electron chi connectivity index (χ2n) is 9.04. The van der Waals surface area contributed by atoms with E-state index in [2.05, 4.69) is 91.0 Å². The molecule has 5 aromatic rings. The van der Waals surface area contributed by atoms with E-state index in [0.717, 1.165) is 11.1 Å². The fourth-order valence-corrected chi connectivity index (χ4v) is 6.12. The van der Waals surface area contributed by atoms with Gasteiger partial charge in [0.2, 0.25) is 0 Å². The Morgan fingerprint density at radius 2 is 0.848 bits per heavy atom. The molecule has 5 aromatic carbocycles. The molecule has 33 heavy (non-hydrogen) atoms. The van der Waals surface area contributed by atoms with Crippen molar-refractivity contribution in [1.29, 1.82) is 0 Å². The van der Waals surface area contributed by atoms with Crippen LogP contribution in [-0.4, -0.2) is 0 Å². The molecule has 156 valence electrons. The summed E-state index contributed by atoms with van der Waals surface area (Å²) in [5.74, 6) is 0. The van der Waals surface area contributed by atoms with Crippen LogP contribution in [0.1, 0.15) is 22.3 Å². The van der Waals surface area contributed by atoms with Crippen LogP contribution >= 0.6 is 0 Å². The van der Waals surface area contributed by atoms with Crippen LogP contribution in [-0.2, 0) is 5.41 Å². The number of fused-ring (bicyclic) bond motifs is 10. The standard InChI is InChI=1S/C31H22N2/c32-21-15-20(16-22(33)18-21)19-13-14-26-25-9-3-6-12-29(25)31(30(26)17-19)27-10-4-1-7-23(27)24-8-2-5-11-28(24)31/h1-18H,32-33H2. The minimum Gasteiger partial charge on any atom is -0.399 e. The highest BCUT2D eigenvalue weighted by atomic mass is 14.6. The van der Waals surface area contributed by atoms with Gasteiger partial charge in [-0.15, -0.1) is 0 Å². The van der Waals surface area contributed by atoms with E-state index < -0.39 is 0 Å². The lowest BCUT2D eigenvalue weighted by atomic mass is 9.70. The van der Waals surface area contributed by atoms with Crippen LogP contribution in [0, 0.1) is 0 Å². The normalized spacial score (nSPS) is 13.9. The maximum atomic E-state index is 6.14. The average Bonchev–Trinajstić information content (AvgIpc) is 3.31. The Kier molecular flexibility index (Phi) is 3.53. The van der Waals surface area contributed by atoms with Gasteiger partial charge in [0.25, 0.3) is 0 Å². The van der Waals surface area contributed by atoms with Gasteiger partial charge in [0, 0.05) is 11.4 Å². The van der Waals surface area contributed by atoms with Crippen molar-refractivity contribution in [2.75, 3.05) is 11.5 Å². The summed E-state index contributed by atoms with van der Waals surface area (Å²) in [7, 11) is 0. The molecule has 0 saturated carbocycles. The van der Waals surface area contributed by atoms with Gasteiger partial charge in [-0.2, -0.15) is 0 Å². The molecule has 0 aromatic heterocycles. The van der Waals surface area contributed by atoms with Gasteiger partial charge < -0.3 is 11.5 Å². The Morgan fingerprint density at radius 3 is 1.36 bits per heavy atom. The third-order valence-electron chi connectivity index (χ3n) is 7.31. The molecule has 0 unspecified atom stereocenters. The zero-order valence-electron chi connectivity index (χ0n) is 18.0. The van der Waals surface area contributed by atoms with Crippen LogP contribution in [0.25, 0.3) is 33.4 Å². The highest BCUT2D eigenvalue weighted by molar-refractivity contribution is 5.96. The first-order valence-corrected chi connectivity index (χ1v) is 11.3. The van der Waals surface area contributed by atoms with Crippen molar-refractivity contribution < 1.29 is 0 Å². The van der Waals surface area contributed by atoms with Crippen LogP contribution < -0.4 is 11.5 Å². The summed E-state index contributed by atoms with van der Waals surface area (Å²) in [5, 5.41) is 0. The third-order valence-corrected chi connectivity index (χ3v) is 7.31. The van der Waals surface area contributed by atoms with E-state index in [1.54, 1.807) is 6.07 Å². The van der Waals surface area contributed by atoms with E-state index in [4.69, 9.17) is 11.5 Å². The molecule has 2 nitrogen and oxygen atoms in total. The lowest BCUT2D eigenvalue weighted by Crippen LogP contribution is -2.25. The molecule has 7 rings (SSSR count). The maximum Gasteiger partial charge on any atom is 0.0725 e. The average molecular weight is 423 g/mol. The predicted molar refractivity (Wildman–Crippen MR) is 137 cm³/mol. The van der Waals surface area contributed by atoms with Gasteiger partial charge in [-0.1, -0.05) is 84.9 Å². The first kappa shape index (κ1) is 18.3. The van der Waals surface area contributed by atoms with Crippen LogP contribution in [0.5, 0.6) is 0 Å². The largest absolute Gasteiger partial charge is 0.399 e. The van der Waals surface area contributed by atoms with E-state index in [9.17, 15) is 0 Å². The number of nitrogen functional groups attached to an aromatic ring is 2. The molecule has 2 aliphatic carbocycles. The molecule has 0 aliphatic heterocycles. The van der Waals surface area contributed by atoms with Gasteiger partial charge in [0.05, 0.1) is 5.41 Å². The van der Waals surface area contributed by atoms with Crippen LogP contribution in [0.4, 0.5) is 11.4 Å². The second-order valence-corrected chi connectivity index (χ2v) is 9.04. The number of hydrogen-bond donors (Lipinski definition) is 2. The molecule has 0 fully saturated rings. The zero-order chi connectivity index (χ0) is 22.2. The molecule has 2 heteroatoms. The van der Waals surface area contributed by atoms with Gasteiger partial charge in [0.15, 0.2) is 0 Å². The summed E-state index contributed by atoms with van der Waals surface area (Å²) in [6.45, 7) is 0. The summed E-state index contributed by atoms with van der Waals surface area (Å²) in [4.78, 5) is 0. The first-order valence-electron chi connectivity index (χ1n) is 11.3. The number of nitrogens with two attached hydrogens (primary N) is 2. The lowest BCUT2D eigenvalue weighted by molar-refractivity contribution is 0.794. The van der Waals surface area contributed by atoms with E-state index in [-0.39, 0.29) is 5.41 Å². The Bertz CT molecular complexity index is 1510. The summed E-state index contributed by atoms with van der Waals surface area (Å²) < 4.78 is 0. The van der Waals surface area contributed by atoms with Gasteiger partial charge in [-0.05, 0) is 79.9 Å². The van der Waals surface area contributed by atoms with E-state index in [0.29, 0.717) is 11.4 Å². The van der Waals surface area contributed by atoms with Crippen LogP contribution in [0.3, 0.4) is 0 Å². The van der Waals surface area contributed by atoms with E-state index in [1.807, 2.05) is 12.1 Å². The van der Waals surface area contributed by atoms with Crippen molar-refractivity contribution in [1.82, 2.24) is 0 Å². The molecule has 0 radical (unpaired) electrons. The number of rotatable bonds is 1. The summed E-state index contributed by atoms with van der Waals surface area (Å²) >= 11 is 0. The first-order chi connectivity index (χ1) is 16.2. The van der Waals surface area contributed by atoms with Crippen molar-refractivity contribution in [3.8, 4) is 33.4 Å². The summed E-state index contributed by atoms with van der Waals surface area (Å²) in [6, 6.07) is 39.2. The predicted octanol–water partition coefficient (Wildman–Crippen LogP) is 6.86. The molecule has 0 atom stereocenters. The minimum absolute atomic E-state index is 0.332. The smallest absolute Gasteiger partial charge is 0.0725 e. The minimum atomic E-state index is -0.332. The van der Waals surface area contributed by atoms with Crippen molar-refractivity contribution in [3.05, 3.63) is 131 Å². The SMILES string of the molecule is Nc1cc(N)cc(-c2ccc3c(c2)C2(c4ccccc4-c4ccccc42)c2ccccc2-3)c1. The number of hydrogen-bond acceptors (Lipinski definition) is 2.